The van der Waals surface area contributed by atoms with Gasteiger partial charge >= 0.3 is 0 Å². The SMILES string of the molecule is COCCS(=O)(=O)NCC1CCC(C)NC1. The van der Waals surface area contributed by atoms with Crippen LogP contribution in [0.5, 0.6) is 0 Å². The number of piperidine rings is 1. The highest BCUT2D eigenvalue weighted by atomic mass is 32.2. The normalized spacial score (nSPS) is 26.9. The van der Waals surface area contributed by atoms with Gasteiger partial charge in [0.25, 0.3) is 0 Å². The van der Waals surface area contributed by atoms with Crippen LogP contribution in [0, 0.1) is 5.92 Å². The summed E-state index contributed by atoms with van der Waals surface area (Å²) in [4.78, 5) is 0. The van der Waals surface area contributed by atoms with Crippen LogP contribution in [0.25, 0.3) is 0 Å². The fourth-order valence-electron chi connectivity index (χ4n) is 1.74. The van der Waals surface area contributed by atoms with E-state index < -0.39 is 10.0 Å². The molecule has 1 aliphatic rings. The van der Waals surface area contributed by atoms with Crippen LogP contribution in [-0.2, 0) is 14.8 Å². The molecule has 0 amide bonds. The van der Waals surface area contributed by atoms with E-state index >= 15 is 0 Å². The van der Waals surface area contributed by atoms with Crippen LogP contribution in [0.15, 0.2) is 0 Å². The maximum absolute atomic E-state index is 11.5. The fraction of sp³-hybridized carbons (Fsp3) is 1.00. The molecule has 1 heterocycles. The van der Waals surface area contributed by atoms with E-state index in [2.05, 4.69) is 17.0 Å². The number of rotatable bonds is 6. The third-order valence-corrected chi connectivity index (χ3v) is 4.22. The lowest BCUT2D eigenvalue weighted by Crippen LogP contribution is -2.42. The molecule has 1 fully saturated rings. The van der Waals surface area contributed by atoms with Crippen molar-refractivity contribution >= 4 is 10.0 Å². The average molecular weight is 250 g/mol. The van der Waals surface area contributed by atoms with Crippen molar-refractivity contribution in [2.24, 2.45) is 5.92 Å². The van der Waals surface area contributed by atoms with Crippen LogP contribution in [0.2, 0.25) is 0 Å². The number of hydrogen-bond donors (Lipinski definition) is 2. The fourth-order valence-corrected chi connectivity index (χ4v) is 2.76. The maximum Gasteiger partial charge on any atom is 0.213 e. The van der Waals surface area contributed by atoms with Crippen LogP contribution in [0.1, 0.15) is 19.8 Å². The first-order valence-corrected chi connectivity index (χ1v) is 7.38. The van der Waals surface area contributed by atoms with E-state index in [4.69, 9.17) is 4.74 Å². The van der Waals surface area contributed by atoms with Gasteiger partial charge in [-0.3, -0.25) is 0 Å². The Morgan fingerprint density at radius 3 is 2.75 bits per heavy atom. The highest BCUT2D eigenvalue weighted by Crippen LogP contribution is 2.13. The Morgan fingerprint density at radius 1 is 1.44 bits per heavy atom. The molecule has 2 atom stereocenters. The quantitative estimate of drug-likeness (QED) is 0.693. The molecule has 2 N–H and O–H groups in total. The van der Waals surface area contributed by atoms with Crippen LogP contribution in [0.4, 0.5) is 0 Å². The molecule has 1 saturated heterocycles. The maximum atomic E-state index is 11.5. The first kappa shape index (κ1) is 13.9. The lowest BCUT2D eigenvalue weighted by atomic mass is 9.96. The summed E-state index contributed by atoms with van der Waals surface area (Å²) < 4.78 is 30.4. The van der Waals surface area contributed by atoms with E-state index in [0.717, 1.165) is 19.4 Å². The molecule has 16 heavy (non-hydrogen) atoms. The van der Waals surface area contributed by atoms with Crippen LogP contribution in [0.3, 0.4) is 0 Å². The predicted molar refractivity (Wildman–Crippen MR) is 63.9 cm³/mol. The molecule has 5 nitrogen and oxygen atoms in total. The first-order chi connectivity index (χ1) is 7.53. The van der Waals surface area contributed by atoms with Crippen molar-refractivity contribution in [2.75, 3.05) is 32.6 Å². The number of sulfonamides is 1. The Hall–Kier alpha value is -0.170. The van der Waals surface area contributed by atoms with Gasteiger partial charge in [0.2, 0.25) is 10.0 Å². The zero-order valence-corrected chi connectivity index (χ0v) is 10.8. The molecule has 0 saturated carbocycles. The van der Waals surface area contributed by atoms with Crippen molar-refractivity contribution in [3.8, 4) is 0 Å². The van der Waals surface area contributed by atoms with Crippen molar-refractivity contribution in [3.05, 3.63) is 0 Å². The van der Waals surface area contributed by atoms with Gasteiger partial charge in [-0.25, -0.2) is 13.1 Å². The Balaban J connectivity index is 2.23. The number of nitrogens with one attached hydrogen (secondary N) is 2. The first-order valence-electron chi connectivity index (χ1n) is 5.73. The monoisotopic (exact) mass is 250 g/mol. The molecule has 0 aromatic rings. The van der Waals surface area contributed by atoms with Gasteiger partial charge in [-0.05, 0) is 32.2 Å². The summed E-state index contributed by atoms with van der Waals surface area (Å²) in [6.45, 7) is 3.83. The largest absolute Gasteiger partial charge is 0.384 e. The van der Waals surface area contributed by atoms with Crippen molar-refractivity contribution in [2.45, 2.75) is 25.8 Å². The second-order valence-corrected chi connectivity index (χ2v) is 6.34. The van der Waals surface area contributed by atoms with Gasteiger partial charge in [-0.15, -0.1) is 0 Å². The summed E-state index contributed by atoms with van der Waals surface area (Å²) in [6, 6.07) is 0.557. The summed E-state index contributed by atoms with van der Waals surface area (Å²) in [5, 5.41) is 3.35. The molecule has 0 aromatic carbocycles. The van der Waals surface area contributed by atoms with Gasteiger partial charge < -0.3 is 10.1 Å². The Morgan fingerprint density at radius 2 is 2.19 bits per heavy atom. The van der Waals surface area contributed by atoms with E-state index in [1.54, 1.807) is 0 Å². The zero-order chi connectivity index (χ0) is 12.0. The zero-order valence-electron chi connectivity index (χ0n) is 10.0. The van der Waals surface area contributed by atoms with Crippen LogP contribution in [-0.4, -0.2) is 47.0 Å². The van der Waals surface area contributed by atoms with Gasteiger partial charge in [-0.1, -0.05) is 0 Å². The Kier molecular flexibility index (Phi) is 5.68. The van der Waals surface area contributed by atoms with E-state index in [1.807, 2.05) is 0 Å². The topological polar surface area (TPSA) is 67.4 Å². The number of methoxy groups -OCH3 is 1. The molecule has 6 heteroatoms. The summed E-state index contributed by atoms with van der Waals surface area (Å²) in [7, 11) is -1.66. The predicted octanol–water partition coefficient (Wildman–Crippen LogP) is -0.0597. The number of hydrogen-bond acceptors (Lipinski definition) is 4. The molecule has 0 aromatic heterocycles. The number of ether oxygens (including phenoxy) is 1. The molecule has 0 bridgehead atoms. The van der Waals surface area contributed by atoms with E-state index in [9.17, 15) is 8.42 Å². The molecule has 0 radical (unpaired) electrons. The molecular weight excluding hydrogens is 228 g/mol. The average Bonchev–Trinajstić information content (AvgIpc) is 2.26. The van der Waals surface area contributed by atoms with Gasteiger partial charge in [-0.2, -0.15) is 0 Å². The summed E-state index contributed by atoms with van der Waals surface area (Å²) in [5.74, 6) is 0.452. The lowest BCUT2D eigenvalue weighted by molar-refractivity contribution is 0.216. The standard InChI is InChI=1S/C10H22N2O3S/c1-9-3-4-10(7-11-9)8-12-16(13,14)6-5-15-2/h9-12H,3-8H2,1-2H3. The summed E-state index contributed by atoms with van der Waals surface area (Å²) in [5.41, 5.74) is 0. The third kappa shape index (κ3) is 5.25. The van der Waals surface area contributed by atoms with Crippen molar-refractivity contribution in [1.29, 1.82) is 0 Å². The molecule has 1 rings (SSSR count). The smallest absolute Gasteiger partial charge is 0.213 e. The Bertz CT molecular complexity index is 284. The lowest BCUT2D eigenvalue weighted by Gasteiger charge is -2.27. The van der Waals surface area contributed by atoms with Crippen molar-refractivity contribution in [3.63, 3.8) is 0 Å². The highest BCUT2D eigenvalue weighted by molar-refractivity contribution is 7.89. The molecule has 0 aliphatic carbocycles. The molecule has 96 valence electrons. The minimum atomic E-state index is -3.16. The summed E-state index contributed by atoms with van der Waals surface area (Å²) in [6.07, 6.45) is 2.20. The molecular formula is C10H22N2O3S. The van der Waals surface area contributed by atoms with E-state index in [0.29, 0.717) is 18.5 Å². The summed E-state index contributed by atoms with van der Waals surface area (Å²) >= 11 is 0. The van der Waals surface area contributed by atoms with Gasteiger partial charge in [0.1, 0.15) is 0 Å². The Labute approximate surface area is 98.0 Å². The highest BCUT2D eigenvalue weighted by Gasteiger charge is 2.19. The van der Waals surface area contributed by atoms with Gasteiger partial charge in [0.05, 0.1) is 12.4 Å². The van der Waals surface area contributed by atoms with Crippen LogP contribution >= 0.6 is 0 Å². The van der Waals surface area contributed by atoms with E-state index in [-0.39, 0.29) is 12.4 Å². The second kappa shape index (κ2) is 6.54. The molecule has 1 aliphatic heterocycles. The third-order valence-electron chi connectivity index (χ3n) is 2.91. The van der Waals surface area contributed by atoms with Gasteiger partial charge in [0.15, 0.2) is 0 Å². The van der Waals surface area contributed by atoms with Crippen molar-refractivity contribution in [1.82, 2.24) is 10.0 Å². The second-order valence-electron chi connectivity index (χ2n) is 4.41. The van der Waals surface area contributed by atoms with Gasteiger partial charge in [0, 0.05) is 19.7 Å². The van der Waals surface area contributed by atoms with Crippen molar-refractivity contribution < 1.29 is 13.2 Å². The van der Waals surface area contributed by atoms with Crippen LogP contribution < -0.4 is 10.0 Å². The minimum absolute atomic E-state index is 0.0417. The molecule has 0 spiro atoms. The minimum Gasteiger partial charge on any atom is -0.384 e. The molecule has 2 unspecified atom stereocenters. The van der Waals surface area contributed by atoms with E-state index in [1.165, 1.54) is 7.11 Å².